The first kappa shape index (κ1) is 18.5. The Kier molecular flexibility index (Phi) is 6.35. The summed E-state index contributed by atoms with van der Waals surface area (Å²) < 4.78 is 1.97. The molecule has 0 aliphatic heterocycles. The first-order valence-electron chi connectivity index (χ1n) is 8.38. The van der Waals surface area contributed by atoms with E-state index in [0.717, 1.165) is 42.1 Å². The van der Waals surface area contributed by atoms with Crippen molar-refractivity contribution in [3.05, 3.63) is 50.6 Å². The molecule has 0 fully saturated rings. The lowest BCUT2D eigenvalue weighted by Gasteiger charge is -2.22. The highest BCUT2D eigenvalue weighted by molar-refractivity contribution is 7.10. The average molecular weight is 390 g/mol. The lowest BCUT2D eigenvalue weighted by Crippen LogP contribution is -2.39. The number of hydrogen-bond acceptors (Lipinski definition) is 6. The van der Waals surface area contributed by atoms with Gasteiger partial charge in [-0.1, -0.05) is 6.07 Å². The standard InChI is InChI=1S/C17H23N7S2/c1-13-21-22-15(24(13)3)12-20-17(19-11-14-5-4-9-25-14)23(2)8-6-16-18-7-10-26-16/h4-5,7,9-10H,6,8,11-12H2,1-3H3,(H,19,20). The number of guanidine groups is 1. The Hall–Kier alpha value is -2.26. The molecule has 1 N–H and O–H groups in total. The summed E-state index contributed by atoms with van der Waals surface area (Å²) in [5.74, 6) is 2.60. The number of thiophene rings is 1. The fourth-order valence-corrected chi connectivity index (χ4v) is 3.63. The van der Waals surface area contributed by atoms with Crippen LogP contribution in [0.5, 0.6) is 0 Å². The van der Waals surface area contributed by atoms with Crippen LogP contribution in [0.2, 0.25) is 0 Å². The van der Waals surface area contributed by atoms with Crippen molar-refractivity contribution >= 4 is 28.6 Å². The maximum Gasteiger partial charge on any atom is 0.194 e. The van der Waals surface area contributed by atoms with Gasteiger partial charge in [0.15, 0.2) is 11.8 Å². The number of likely N-dealkylation sites (N-methyl/N-ethyl adjacent to an activating group) is 1. The first-order chi connectivity index (χ1) is 12.6. The van der Waals surface area contributed by atoms with E-state index in [0.29, 0.717) is 6.54 Å². The minimum Gasteiger partial charge on any atom is -0.351 e. The minimum absolute atomic E-state index is 0.492. The Balaban J connectivity index is 1.67. The van der Waals surface area contributed by atoms with Crippen LogP contribution in [-0.2, 0) is 26.6 Å². The van der Waals surface area contributed by atoms with E-state index in [1.54, 1.807) is 22.7 Å². The molecule has 0 unspecified atom stereocenters. The maximum absolute atomic E-state index is 4.76. The van der Waals surface area contributed by atoms with E-state index in [4.69, 9.17) is 4.99 Å². The summed E-state index contributed by atoms with van der Waals surface area (Å²) in [6.45, 7) is 4.04. The topological polar surface area (TPSA) is 71.2 Å². The molecular formula is C17H23N7S2. The largest absolute Gasteiger partial charge is 0.351 e. The predicted molar refractivity (Wildman–Crippen MR) is 106 cm³/mol. The second kappa shape index (κ2) is 8.91. The molecule has 0 bridgehead atoms. The molecule has 3 aromatic rings. The Labute approximate surface area is 161 Å². The Morgan fingerprint density at radius 3 is 2.85 bits per heavy atom. The molecule has 138 valence electrons. The number of aliphatic imine (C=N–C) groups is 1. The smallest absolute Gasteiger partial charge is 0.194 e. The third-order valence-corrected chi connectivity index (χ3v) is 5.78. The number of thiazole rings is 1. The van der Waals surface area contributed by atoms with Gasteiger partial charge < -0.3 is 14.8 Å². The molecule has 3 heterocycles. The Morgan fingerprint density at radius 2 is 2.19 bits per heavy atom. The molecule has 0 amide bonds. The van der Waals surface area contributed by atoms with Crippen LogP contribution < -0.4 is 5.32 Å². The van der Waals surface area contributed by atoms with Crippen LogP contribution in [0.25, 0.3) is 0 Å². The van der Waals surface area contributed by atoms with Crippen molar-refractivity contribution in [3.8, 4) is 0 Å². The molecule has 0 radical (unpaired) electrons. The van der Waals surface area contributed by atoms with Gasteiger partial charge in [-0.05, 0) is 18.4 Å². The zero-order chi connectivity index (χ0) is 18.4. The fourth-order valence-electron chi connectivity index (χ4n) is 2.37. The highest BCUT2D eigenvalue weighted by atomic mass is 32.1. The quantitative estimate of drug-likeness (QED) is 0.496. The fraction of sp³-hybridized carbons (Fsp3) is 0.412. The first-order valence-corrected chi connectivity index (χ1v) is 10.1. The van der Waals surface area contributed by atoms with Gasteiger partial charge in [0.2, 0.25) is 0 Å². The minimum atomic E-state index is 0.492. The van der Waals surface area contributed by atoms with E-state index in [-0.39, 0.29) is 0 Å². The van der Waals surface area contributed by atoms with E-state index >= 15 is 0 Å². The van der Waals surface area contributed by atoms with Gasteiger partial charge in [-0.3, -0.25) is 0 Å². The van der Waals surface area contributed by atoms with Crippen LogP contribution in [0.15, 0.2) is 34.1 Å². The molecule has 0 aliphatic carbocycles. The third-order valence-electron chi connectivity index (χ3n) is 4.06. The van der Waals surface area contributed by atoms with Gasteiger partial charge >= 0.3 is 0 Å². The van der Waals surface area contributed by atoms with Crippen molar-refractivity contribution in [1.82, 2.24) is 30.0 Å². The van der Waals surface area contributed by atoms with Gasteiger partial charge in [0, 0.05) is 43.5 Å². The summed E-state index contributed by atoms with van der Waals surface area (Å²) in [4.78, 5) is 12.5. The number of aromatic nitrogens is 4. The Bertz CT molecular complexity index is 822. The van der Waals surface area contributed by atoms with E-state index in [2.05, 4.69) is 50.0 Å². The van der Waals surface area contributed by atoms with Crippen molar-refractivity contribution in [3.63, 3.8) is 0 Å². The Morgan fingerprint density at radius 1 is 1.31 bits per heavy atom. The highest BCUT2D eigenvalue weighted by Crippen LogP contribution is 2.09. The molecule has 0 spiro atoms. The monoisotopic (exact) mass is 389 g/mol. The molecule has 7 nitrogen and oxygen atoms in total. The molecule has 3 aromatic heterocycles. The molecular weight excluding hydrogens is 366 g/mol. The molecule has 0 atom stereocenters. The lowest BCUT2D eigenvalue weighted by molar-refractivity contribution is 0.482. The van der Waals surface area contributed by atoms with Crippen molar-refractivity contribution in [2.45, 2.75) is 26.4 Å². The molecule has 0 aliphatic rings. The van der Waals surface area contributed by atoms with Crippen molar-refractivity contribution < 1.29 is 0 Å². The highest BCUT2D eigenvalue weighted by Gasteiger charge is 2.10. The second-order valence-corrected chi connectivity index (χ2v) is 7.90. The van der Waals surface area contributed by atoms with Crippen LogP contribution in [0, 0.1) is 6.92 Å². The molecule has 0 saturated heterocycles. The molecule has 9 heteroatoms. The van der Waals surface area contributed by atoms with Crippen molar-refractivity contribution in [2.75, 3.05) is 13.6 Å². The van der Waals surface area contributed by atoms with Crippen LogP contribution in [0.1, 0.15) is 21.5 Å². The molecule has 0 aromatic carbocycles. The number of hydrogen-bond donors (Lipinski definition) is 1. The number of aryl methyl sites for hydroxylation is 1. The summed E-state index contributed by atoms with van der Waals surface area (Å²) in [6, 6.07) is 4.18. The van der Waals surface area contributed by atoms with Crippen LogP contribution in [-0.4, -0.2) is 44.2 Å². The van der Waals surface area contributed by atoms with E-state index in [9.17, 15) is 0 Å². The zero-order valence-electron chi connectivity index (χ0n) is 15.2. The summed E-state index contributed by atoms with van der Waals surface area (Å²) in [5, 5.41) is 17.0. The van der Waals surface area contributed by atoms with Crippen molar-refractivity contribution in [1.29, 1.82) is 0 Å². The van der Waals surface area contributed by atoms with Gasteiger partial charge in [-0.2, -0.15) is 0 Å². The normalized spacial score (nSPS) is 11.7. The zero-order valence-corrected chi connectivity index (χ0v) is 16.8. The van der Waals surface area contributed by atoms with Gasteiger partial charge in [0.05, 0.1) is 11.6 Å². The van der Waals surface area contributed by atoms with Gasteiger partial charge in [-0.15, -0.1) is 32.9 Å². The van der Waals surface area contributed by atoms with Gasteiger partial charge in [0.1, 0.15) is 12.4 Å². The molecule has 26 heavy (non-hydrogen) atoms. The molecule has 0 saturated carbocycles. The number of rotatable bonds is 7. The van der Waals surface area contributed by atoms with E-state index in [1.165, 1.54) is 4.88 Å². The van der Waals surface area contributed by atoms with Gasteiger partial charge in [0.25, 0.3) is 0 Å². The van der Waals surface area contributed by atoms with E-state index < -0.39 is 0 Å². The SMILES string of the molecule is Cc1nnc(CN=C(NCc2cccs2)N(C)CCc2nccs2)n1C. The summed E-state index contributed by atoms with van der Waals surface area (Å²) in [6.07, 6.45) is 2.75. The summed E-state index contributed by atoms with van der Waals surface area (Å²) in [7, 11) is 4.01. The summed E-state index contributed by atoms with van der Waals surface area (Å²) in [5.41, 5.74) is 0. The third kappa shape index (κ3) is 4.89. The maximum atomic E-state index is 4.76. The van der Waals surface area contributed by atoms with Crippen molar-refractivity contribution in [2.24, 2.45) is 12.0 Å². The lowest BCUT2D eigenvalue weighted by atomic mass is 10.4. The molecule has 3 rings (SSSR count). The predicted octanol–water partition coefficient (Wildman–Crippen LogP) is 2.46. The van der Waals surface area contributed by atoms with Crippen LogP contribution in [0.3, 0.4) is 0 Å². The second-order valence-electron chi connectivity index (χ2n) is 5.89. The number of nitrogens with zero attached hydrogens (tertiary/aromatic N) is 6. The van der Waals surface area contributed by atoms with Crippen LogP contribution >= 0.6 is 22.7 Å². The van der Waals surface area contributed by atoms with Gasteiger partial charge in [-0.25, -0.2) is 9.98 Å². The van der Waals surface area contributed by atoms with E-state index in [1.807, 2.05) is 30.1 Å². The average Bonchev–Trinajstić information content (AvgIpc) is 3.39. The summed E-state index contributed by atoms with van der Waals surface area (Å²) >= 11 is 3.42. The van der Waals surface area contributed by atoms with Crippen LogP contribution in [0.4, 0.5) is 0 Å². The number of nitrogens with one attached hydrogen (secondary N) is 1.